The van der Waals surface area contributed by atoms with Crippen LogP contribution >= 0.6 is 0 Å². The van der Waals surface area contributed by atoms with Gasteiger partial charge in [-0.1, -0.05) is 39.0 Å². The van der Waals surface area contributed by atoms with Gasteiger partial charge in [-0.3, -0.25) is 0 Å². The highest BCUT2D eigenvalue weighted by molar-refractivity contribution is 4.81. The molecule has 0 aromatic heterocycles. The lowest BCUT2D eigenvalue weighted by atomic mass is 10.0. The van der Waals surface area contributed by atoms with Crippen molar-refractivity contribution in [2.45, 2.75) is 71.0 Å². The zero-order valence-corrected chi connectivity index (χ0v) is 10.6. The number of morpholine rings is 1. The van der Waals surface area contributed by atoms with Crippen molar-refractivity contribution in [3.8, 4) is 0 Å². The van der Waals surface area contributed by atoms with Gasteiger partial charge in [0.1, 0.15) is 0 Å². The molecule has 1 saturated heterocycles. The van der Waals surface area contributed by atoms with Crippen molar-refractivity contribution in [2.24, 2.45) is 0 Å². The van der Waals surface area contributed by atoms with Crippen LogP contribution in [-0.4, -0.2) is 24.8 Å². The van der Waals surface area contributed by atoms with Crippen LogP contribution in [0.2, 0.25) is 0 Å². The van der Waals surface area contributed by atoms with E-state index in [2.05, 4.69) is 26.1 Å². The van der Waals surface area contributed by atoms with Crippen molar-refractivity contribution in [3.63, 3.8) is 0 Å². The zero-order chi connectivity index (χ0) is 11.1. The van der Waals surface area contributed by atoms with Gasteiger partial charge in [0.15, 0.2) is 0 Å². The summed E-state index contributed by atoms with van der Waals surface area (Å²) in [5, 5.41) is 3.45. The fourth-order valence-corrected chi connectivity index (χ4v) is 2.21. The van der Waals surface area contributed by atoms with Crippen molar-refractivity contribution in [1.82, 2.24) is 5.32 Å². The number of nitrogens with one attached hydrogen (secondary N) is 1. The smallest absolute Gasteiger partial charge is 0.0754 e. The molecule has 0 aliphatic carbocycles. The van der Waals surface area contributed by atoms with Gasteiger partial charge in [-0.15, -0.1) is 0 Å². The van der Waals surface area contributed by atoms with Crippen LogP contribution < -0.4 is 5.32 Å². The Morgan fingerprint density at radius 1 is 1.20 bits per heavy atom. The molecule has 1 N–H and O–H groups in total. The van der Waals surface area contributed by atoms with E-state index in [1.165, 1.54) is 38.5 Å². The highest BCUT2D eigenvalue weighted by Gasteiger charge is 2.27. The number of hydrogen-bond acceptors (Lipinski definition) is 2. The van der Waals surface area contributed by atoms with Crippen LogP contribution in [0.3, 0.4) is 0 Å². The average molecular weight is 213 g/mol. The minimum Gasteiger partial charge on any atom is -0.370 e. The summed E-state index contributed by atoms with van der Waals surface area (Å²) in [6.45, 7) is 8.62. The molecule has 0 spiro atoms. The summed E-state index contributed by atoms with van der Waals surface area (Å²) < 4.78 is 6.02. The van der Waals surface area contributed by atoms with Crippen LogP contribution in [0, 0.1) is 0 Å². The van der Waals surface area contributed by atoms with Gasteiger partial charge >= 0.3 is 0 Å². The molecule has 0 saturated carbocycles. The largest absolute Gasteiger partial charge is 0.370 e. The standard InChI is InChI=1S/C13H27NO/c1-4-5-6-7-8-9-12-10-14-11-13(2,3)15-12/h12,14H,4-11H2,1-3H3. The summed E-state index contributed by atoms with van der Waals surface area (Å²) in [6, 6.07) is 0. The molecule has 0 aromatic rings. The lowest BCUT2D eigenvalue weighted by Crippen LogP contribution is -2.50. The lowest BCUT2D eigenvalue weighted by molar-refractivity contribution is -0.0967. The Morgan fingerprint density at radius 2 is 1.93 bits per heavy atom. The second kappa shape index (κ2) is 6.49. The molecule has 1 rings (SSSR count). The Hall–Kier alpha value is -0.0800. The highest BCUT2D eigenvalue weighted by atomic mass is 16.5. The van der Waals surface area contributed by atoms with Gasteiger partial charge in [-0.2, -0.15) is 0 Å². The van der Waals surface area contributed by atoms with Crippen molar-refractivity contribution in [3.05, 3.63) is 0 Å². The Bertz CT molecular complexity index is 168. The van der Waals surface area contributed by atoms with Crippen LogP contribution in [0.5, 0.6) is 0 Å². The molecule has 90 valence electrons. The molecule has 15 heavy (non-hydrogen) atoms. The van der Waals surface area contributed by atoms with E-state index in [0.29, 0.717) is 6.10 Å². The summed E-state index contributed by atoms with van der Waals surface area (Å²) in [5.41, 5.74) is 0.0341. The first-order valence-corrected chi connectivity index (χ1v) is 6.52. The minimum absolute atomic E-state index is 0.0341. The first kappa shape index (κ1) is 13.0. The first-order valence-electron chi connectivity index (χ1n) is 6.52. The van der Waals surface area contributed by atoms with E-state index in [0.717, 1.165) is 13.1 Å². The second-order valence-corrected chi connectivity index (χ2v) is 5.33. The van der Waals surface area contributed by atoms with Crippen LogP contribution in [0.4, 0.5) is 0 Å². The molecule has 1 atom stereocenters. The maximum Gasteiger partial charge on any atom is 0.0754 e. The monoisotopic (exact) mass is 213 g/mol. The topological polar surface area (TPSA) is 21.3 Å². The van der Waals surface area contributed by atoms with Gasteiger partial charge in [0.05, 0.1) is 11.7 Å². The Balaban J connectivity index is 2.05. The summed E-state index contributed by atoms with van der Waals surface area (Å²) in [7, 11) is 0. The van der Waals surface area contributed by atoms with E-state index in [1.807, 2.05) is 0 Å². The molecular formula is C13H27NO. The molecule has 1 aliphatic rings. The molecule has 2 heteroatoms. The molecule has 0 aromatic carbocycles. The van der Waals surface area contributed by atoms with E-state index < -0.39 is 0 Å². The van der Waals surface area contributed by atoms with Gasteiger partial charge in [0.25, 0.3) is 0 Å². The van der Waals surface area contributed by atoms with Crippen LogP contribution in [-0.2, 0) is 4.74 Å². The first-order chi connectivity index (χ1) is 7.14. The van der Waals surface area contributed by atoms with E-state index in [4.69, 9.17) is 4.74 Å². The van der Waals surface area contributed by atoms with Crippen LogP contribution in [0.25, 0.3) is 0 Å². The fourth-order valence-electron chi connectivity index (χ4n) is 2.21. The molecule has 0 radical (unpaired) electrons. The van der Waals surface area contributed by atoms with E-state index in [-0.39, 0.29) is 5.60 Å². The fraction of sp³-hybridized carbons (Fsp3) is 1.00. The Kier molecular flexibility index (Phi) is 5.62. The number of unbranched alkanes of at least 4 members (excludes halogenated alkanes) is 4. The molecule has 2 nitrogen and oxygen atoms in total. The van der Waals surface area contributed by atoms with E-state index >= 15 is 0 Å². The summed E-state index contributed by atoms with van der Waals surface area (Å²) >= 11 is 0. The van der Waals surface area contributed by atoms with Crippen molar-refractivity contribution in [1.29, 1.82) is 0 Å². The molecule has 1 unspecified atom stereocenters. The molecular weight excluding hydrogens is 186 g/mol. The SMILES string of the molecule is CCCCCCCC1CNCC(C)(C)O1. The normalized spacial score (nSPS) is 25.4. The lowest BCUT2D eigenvalue weighted by Gasteiger charge is -2.36. The molecule has 1 fully saturated rings. The summed E-state index contributed by atoms with van der Waals surface area (Å²) in [6.07, 6.45) is 8.45. The maximum absolute atomic E-state index is 6.02. The van der Waals surface area contributed by atoms with Crippen LogP contribution in [0.15, 0.2) is 0 Å². The Morgan fingerprint density at radius 3 is 2.60 bits per heavy atom. The highest BCUT2D eigenvalue weighted by Crippen LogP contribution is 2.19. The van der Waals surface area contributed by atoms with Crippen LogP contribution in [0.1, 0.15) is 59.3 Å². The van der Waals surface area contributed by atoms with E-state index in [1.54, 1.807) is 0 Å². The van der Waals surface area contributed by atoms with Gasteiger partial charge < -0.3 is 10.1 Å². The maximum atomic E-state index is 6.02. The summed E-state index contributed by atoms with van der Waals surface area (Å²) in [4.78, 5) is 0. The molecule has 1 heterocycles. The predicted molar refractivity (Wildman–Crippen MR) is 65.2 cm³/mol. The zero-order valence-electron chi connectivity index (χ0n) is 10.6. The van der Waals surface area contributed by atoms with Gasteiger partial charge in [-0.05, 0) is 20.3 Å². The quantitative estimate of drug-likeness (QED) is 0.685. The second-order valence-electron chi connectivity index (χ2n) is 5.33. The number of ether oxygens (including phenoxy) is 1. The predicted octanol–water partition coefficient (Wildman–Crippen LogP) is 3.11. The number of hydrogen-bond donors (Lipinski definition) is 1. The van der Waals surface area contributed by atoms with Gasteiger partial charge in [-0.25, -0.2) is 0 Å². The number of rotatable bonds is 6. The van der Waals surface area contributed by atoms with Crippen molar-refractivity contribution in [2.75, 3.05) is 13.1 Å². The van der Waals surface area contributed by atoms with Crippen molar-refractivity contribution < 1.29 is 4.74 Å². The molecule has 1 aliphatic heterocycles. The molecule has 0 amide bonds. The van der Waals surface area contributed by atoms with Gasteiger partial charge in [0.2, 0.25) is 0 Å². The average Bonchev–Trinajstić information content (AvgIpc) is 2.16. The third-order valence-corrected chi connectivity index (χ3v) is 3.04. The van der Waals surface area contributed by atoms with Crippen molar-refractivity contribution >= 4 is 0 Å². The Labute approximate surface area is 94.8 Å². The third kappa shape index (κ3) is 5.53. The molecule has 0 bridgehead atoms. The van der Waals surface area contributed by atoms with E-state index in [9.17, 15) is 0 Å². The van der Waals surface area contributed by atoms with Gasteiger partial charge in [0, 0.05) is 13.1 Å². The third-order valence-electron chi connectivity index (χ3n) is 3.04. The summed E-state index contributed by atoms with van der Waals surface area (Å²) in [5.74, 6) is 0. The minimum atomic E-state index is 0.0341.